The molecule has 18 heteroatoms. The Morgan fingerprint density at radius 1 is 1.07 bits per heavy atom. The maximum atomic E-state index is 13.4. The van der Waals surface area contributed by atoms with E-state index in [9.17, 15) is 26.4 Å². The second-order valence-corrected chi connectivity index (χ2v) is 10.8. The SMILES string of the molecule is O=C(c1nnc(-c2ncc(Cl)cc2NS(=O)(=O)c2ccc(Cl)c(C(F)(F)F)c2)n1-c1ccon1)N1CCOCC1. The minimum atomic E-state index is -4.90. The number of hydrogen-bond acceptors (Lipinski definition) is 9. The van der Waals surface area contributed by atoms with Gasteiger partial charge < -0.3 is 14.2 Å². The fourth-order valence-corrected chi connectivity index (χ4v) is 5.28. The van der Waals surface area contributed by atoms with E-state index < -0.39 is 37.6 Å². The average Bonchev–Trinajstić information content (AvgIpc) is 3.58. The molecule has 0 saturated carbocycles. The maximum Gasteiger partial charge on any atom is 0.417 e. The molecule has 3 aromatic heterocycles. The molecule has 4 heterocycles. The number of ether oxygens (including phenoxy) is 1. The first-order valence-corrected chi connectivity index (χ1v) is 13.5. The van der Waals surface area contributed by atoms with Crippen LogP contribution in [0.15, 0.2) is 52.2 Å². The van der Waals surface area contributed by atoms with E-state index in [1.165, 1.54) is 34.1 Å². The molecule has 1 aromatic carbocycles. The van der Waals surface area contributed by atoms with Crippen LogP contribution in [0.1, 0.15) is 16.2 Å². The van der Waals surface area contributed by atoms with E-state index in [4.69, 9.17) is 32.5 Å². The van der Waals surface area contributed by atoms with Gasteiger partial charge in [-0.15, -0.1) is 10.2 Å². The van der Waals surface area contributed by atoms with Crippen molar-refractivity contribution in [1.82, 2.24) is 29.8 Å². The van der Waals surface area contributed by atoms with Crippen molar-refractivity contribution in [3.8, 4) is 17.3 Å². The van der Waals surface area contributed by atoms with E-state index in [0.29, 0.717) is 32.4 Å². The highest BCUT2D eigenvalue weighted by molar-refractivity contribution is 7.92. The van der Waals surface area contributed by atoms with Crippen molar-refractivity contribution >= 4 is 44.8 Å². The van der Waals surface area contributed by atoms with Crippen LogP contribution >= 0.6 is 23.2 Å². The number of amides is 1. The predicted octanol–water partition coefficient (Wildman–Crippen LogP) is 3.92. The highest BCUT2D eigenvalue weighted by Crippen LogP contribution is 2.37. The summed E-state index contributed by atoms with van der Waals surface area (Å²) in [6.45, 7) is 1.24. The molecule has 0 radical (unpaired) electrons. The smallest absolute Gasteiger partial charge is 0.378 e. The molecule has 0 unspecified atom stereocenters. The van der Waals surface area contributed by atoms with E-state index in [0.717, 1.165) is 12.1 Å². The number of nitrogens with one attached hydrogen (secondary N) is 1. The largest absolute Gasteiger partial charge is 0.417 e. The summed E-state index contributed by atoms with van der Waals surface area (Å²) < 4.78 is 80.1. The quantitative estimate of drug-likeness (QED) is 0.340. The molecule has 40 heavy (non-hydrogen) atoms. The Hall–Kier alpha value is -3.73. The van der Waals surface area contributed by atoms with Gasteiger partial charge in [-0.1, -0.05) is 28.4 Å². The molecular formula is C22H16Cl2F3N7O5S. The lowest BCUT2D eigenvalue weighted by Gasteiger charge is -2.26. The van der Waals surface area contributed by atoms with Gasteiger partial charge in [-0.25, -0.2) is 18.0 Å². The number of anilines is 1. The zero-order valence-electron chi connectivity index (χ0n) is 19.9. The summed E-state index contributed by atoms with van der Waals surface area (Å²) >= 11 is 11.7. The van der Waals surface area contributed by atoms with Crippen molar-refractivity contribution in [3.63, 3.8) is 0 Å². The minimum absolute atomic E-state index is 0.00865. The van der Waals surface area contributed by atoms with Gasteiger partial charge in [0.2, 0.25) is 5.82 Å². The highest BCUT2D eigenvalue weighted by Gasteiger charge is 2.35. The van der Waals surface area contributed by atoms with Gasteiger partial charge in [0, 0.05) is 25.4 Å². The number of alkyl halides is 3. The zero-order chi connectivity index (χ0) is 28.7. The Kier molecular flexibility index (Phi) is 7.43. The number of pyridine rings is 1. The van der Waals surface area contributed by atoms with Crippen LogP contribution in [-0.4, -0.2) is 70.4 Å². The van der Waals surface area contributed by atoms with Gasteiger partial charge in [-0.05, 0) is 24.3 Å². The number of benzene rings is 1. The van der Waals surface area contributed by atoms with E-state index in [1.807, 2.05) is 0 Å². The molecule has 1 saturated heterocycles. The van der Waals surface area contributed by atoms with E-state index in [1.54, 1.807) is 0 Å². The van der Waals surface area contributed by atoms with Gasteiger partial charge in [-0.2, -0.15) is 13.2 Å². The van der Waals surface area contributed by atoms with Crippen molar-refractivity contribution in [1.29, 1.82) is 0 Å². The number of carbonyl (C=O) groups excluding carboxylic acids is 1. The molecule has 1 fully saturated rings. The number of halogens is 5. The predicted molar refractivity (Wildman–Crippen MR) is 134 cm³/mol. The van der Waals surface area contributed by atoms with Gasteiger partial charge in [-0.3, -0.25) is 9.52 Å². The third kappa shape index (κ3) is 5.47. The van der Waals surface area contributed by atoms with Crippen LogP contribution < -0.4 is 4.72 Å². The van der Waals surface area contributed by atoms with Gasteiger partial charge in [0.25, 0.3) is 15.9 Å². The van der Waals surface area contributed by atoms with Gasteiger partial charge in [0.1, 0.15) is 12.0 Å². The zero-order valence-corrected chi connectivity index (χ0v) is 22.2. The highest BCUT2D eigenvalue weighted by atomic mass is 35.5. The monoisotopic (exact) mass is 617 g/mol. The van der Waals surface area contributed by atoms with E-state index in [-0.39, 0.29) is 33.9 Å². The summed E-state index contributed by atoms with van der Waals surface area (Å²) in [6, 6.07) is 4.72. The molecule has 0 bridgehead atoms. The third-order valence-electron chi connectivity index (χ3n) is 5.67. The molecule has 0 spiro atoms. The average molecular weight is 618 g/mol. The number of carbonyl (C=O) groups is 1. The molecule has 4 aromatic rings. The third-order valence-corrected chi connectivity index (χ3v) is 7.57. The number of nitrogens with zero attached hydrogens (tertiary/aromatic N) is 6. The Morgan fingerprint density at radius 2 is 1.82 bits per heavy atom. The number of sulfonamides is 1. The lowest BCUT2D eigenvalue weighted by Crippen LogP contribution is -2.41. The first-order valence-electron chi connectivity index (χ1n) is 11.2. The first kappa shape index (κ1) is 27.8. The fraction of sp³-hybridized carbons (Fsp3) is 0.227. The Balaban J connectivity index is 1.60. The maximum absolute atomic E-state index is 13.4. The molecule has 12 nitrogen and oxygen atoms in total. The van der Waals surface area contributed by atoms with Crippen LogP contribution in [0.25, 0.3) is 17.3 Å². The topological polar surface area (TPSA) is 145 Å². The normalized spacial score (nSPS) is 14.4. The number of rotatable bonds is 6. The van der Waals surface area contributed by atoms with Crippen molar-refractivity contribution in [2.75, 3.05) is 31.0 Å². The molecule has 1 amide bonds. The molecule has 1 aliphatic heterocycles. The molecular weight excluding hydrogens is 602 g/mol. The minimum Gasteiger partial charge on any atom is -0.378 e. The van der Waals surface area contributed by atoms with Gasteiger partial charge in [0.05, 0.1) is 39.4 Å². The molecule has 210 valence electrons. The van der Waals surface area contributed by atoms with E-state index >= 15 is 0 Å². The van der Waals surface area contributed by atoms with Crippen LogP contribution in [0.3, 0.4) is 0 Å². The second kappa shape index (κ2) is 10.7. The molecule has 0 aliphatic carbocycles. The Bertz CT molecular complexity index is 1670. The number of morpholine rings is 1. The standard InChI is InChI=1S/C22H16Cl2F3N7O5S/c23-12-9-16(32-40(36,37)13-1-2-15(24)14(10-13)22(25,26)27)18(28-11-12)19-29-30-20(34(19)17-3-6-39-31-17)21(35)33-4-7-38-8-5-33/h1-3,6,9-11,32H,4-5,7-8H2. The van der Waals surface area contributed by atoms with Crippen molar-refractivity contribution in [2.24, 2.45) is 0 Å². The molecule has 0 atom stereocenters. The van der Waals surface area contributed by atoms with Crippen molar-refractivity contribution in [3.05, 3.63) is 64.2 Å². The summed E-state index contributed by atoms with van der Waals surface area (Å²) in [4.78, 5) is 18.2. The summed E-state index contributed by atoms with van der Waals surface area (Å²) in [5, 5.41) is 11.2. The summed E-state index contributed by atoms with van der Waals surface area (Å²) in [5.74, 6) is -0.743. The lowest BCUT2D eigenvalue weighted by atomic mass is 10.2. The lowest BCUT2D eigenvalue weighted by molar-refractivity contribution is -0.137. The molecule has 1 N–H and O–H groups in total. The van der Waals surface area contributed by atoms with Gasteiger partial charge in [0.15, 0.2) is 11.6 Å². The summed E-state index contributed by atoms with van der Waals surface area (Å²) in [5.41, 5.74) is -1.76. The van der Waals surface area contributed by atoms with Crippen molar-refractivity contribution < 1.29 is 35.6 Å². The van der Waals surface area contributed by atoms with Crippen LogP contribution in [0.5, 0.6) is 0 Å². The first-order chi connectivity index (χ1) is 19.0. The number of hydrogen-bond donors (Lipinski definition) is 1. The summed E-state index contributed by atoms with van der Waals surface area (Å²) in [7, 11) is -4.64. The van der Waals surface area contributed by atoms with E-state index in [2.05, 4.69) is 25.1 Å². The van der Waals surface area contributed by atoms with Crippen LogP contribution in [0.2, 0.25) is 10.0 Å². The Morgan fingerprint density at radius 3 is 2.50 bits per heavy atom. The summed E-state index contributed by atoms with van der Waals surface area (Å²) in [6.07, 6.45) is -2.48. The van der Waals surface area contributed by atoms with Crippen LogP contribution in [0, 0.1) is 0 Å². The molecule has 5 rings (SSSR count). The van der Waals surface area contributed by atoms with Crippen LogP contribution in [0.4, 0.5) is 18.9 Å². The number of aromatic nitrogens is 5. The van der Waals surface area contributed by atoms with Crippen LogP contribution in [-0.2, 0) is 20.9 Å². The van der Waals surface area contributed by atoms with Gasteiger partial charge >= 0.3 is 6.18 Å². The molecule has 1 aliphatic rings. The Labute approximate surface area is 233 Å². The second-order valence-electron chi connectivity index (χ2n) is 8.24. The van der Waals surface area contributed by atoms with Crippen molar-refractivity contribution in [2.45, 2.75) is 11.1 Å². The fourth-order valence-electron chi connectivity index (χ4n) is 3.81.